The predicted octanol–water partition coefficient (Wildman–Crippen LogP) is 3.32. The average molecular weight is 305 g/mol. The van der Waals surface area contributed by atoms with E-state index in [-0.39, 0.29) is 5.78 Å². The Bertz CT molecular complexity index is 801. The van der Waals surface area contributed by atoms with Crippen molar-refractivity contribution in [3.63, 3.8) is 0 Å². The molecule has 0 amide bonds. The van der Waals surface area contributed by atoms with Crippen molar-refractivity contribution in [2.45, 2.75) is 26.9 Å². The van der Waals surface area contributed by atoms with Gasteiger partial charge < -0.3 is 0 Å². The summed E-state index contributed by atoms with van der Waals surface area (Å²) in [5, 5.41) is 0. The molecule has 0 fully saturated rings. The molecule has 0 N–H and O–H groups in total. The molecule has 3 aromatic rings. The minimum Gasteiger partial charge on any atom is -0.290 e. The first-order valence-electron chi connectivity index (χ1n) is 7.82. The summed E-state index contributed by atoms with van der Waals surface area (Å²) in [6, 6.07) is 18.1. The molecule has 3 heteroatoms. The second kappa shape index (κ2) is 6.61. The Morgan fingerprint density at radius 3 is 2.39 bits per heavy atom. The summed E-state index contributed by atoms with van der Waals surface area (Å²) in [5.74, 6) is 1.21. The van der Waals surface area contributed by atoms with E-state index in [1.165, 1.54) is 11.1 Å². The van der Waals surface area contributed by atoms with E-state index in [4.69, 9.17) is 0 Å². The summed E-state index contributed by atoms with van der Waals surface area (Å²) < 4.78 is 4.17. The lowest BCUT2D eigenvalue weighted by Crippen LogP contribution is -2.36. The molecule has 0 saturated heterocycles. The van der Waals surface area contributed by atoms with Crippen molar-refractivity contribution >= 4 is 5.78 Å². The van der Waals surface area contributed by atoms with Crippen molar-refractivity contribution in [3.05, 3.63) is 89.5 Å². The van der Waals surface area contributed by atoms with Gasteiger partial charge in [0.1, 0.15) is 18.9 Å². The van der Waals surface area contributed by atoms with Crippen LogP contribution < -0.4 is 4.57 Å². The van der Waals surface area contributed by atoms with Gasteiger partial charge in [-0.3, -0.25) is 4.79 Å². The van der Waals surface area contributed by atoms with E-state index in [0.29, 0.717) is 6.54 Å². The highest BCUT2D eigenvalue weighted by Crippen LogP contribution is 2.07. The highest BCUT2D eigenvalue weighted by atomic mass is 16.1. The van der Waals surface area contributed by atoms with Gasteiger partial charge in [0, 0.05) is 12.5 Å². The third-order valence-electron chi connectivity index (χ3n) is 4.14. The van der Waals surface area contributed by atoms with Gasteiger partial charge in [0.25, 0.3) is 5.82 Å². The molecule has 1 aromatic heterocycles. The Balaban J connectivity index is 1.74. The lowest BCUT2D eigenvalue weighted by molar-refractivity contribution is -0.693. The summed E-state index contributed by atoms with van der Waals surface area (Å²) in [6.07, 6.45) is 4.01. The summed E-state index contributed by atoms with van der Waals surface area (Å²) in [5.41, 5.74) is 3.18. The number of Topliss-reactive ketones (excluding diaryl/α,β-unsaturated/α-hetero) is 1. The quantitative estimate of drug-likeness (QED) is 0.524. The number of imidazole rings is 1. The SMILES string of the molecule is Cc1ccc(C(=O)Cn2cc[n+](Cc3ccccc3)c2C)cc1. The van der Waals surface area contributed by atoms with Crippen LogP contribution in [0.3, 0.4) is 0 Å². The molecule has 0 bridgehead atoms. The summed E-state index contributed by atoms with van der Waals surface area (Å²) in [6.45, 7) is 5.26. The second-order valence-corrected chi connectivity index (χ2v) is 5.88. The Kier molecular flexibility index (Phi) is 4.38. The third kappa shape index (κ3) is 3.57. The first-order chi connectivity index (χ1) is 11.1. The maximum atomic E-state index is 12.4. The standard InChI is InChI=1S/C20H21N2O/c1-16-8-10-19(11-9-16)20(23)15-22-13-12-21(17(22)2)14-18-6-4-3-5-7-18/h3-13H,14-15H2,1-2H3/q+1. The molecule has 116 valence electrons. The topological polar surface area (TPSA) is 25.9 Å². The monoisotopic (exact) mass is 305 g/mol. The summed E-state index contributed by atoms with van der Waals surface area (Å²) in [4.78, 5) is 12.4. The maximum Gasteiger partial charge on any atom is 0.253 e. The fourth-order valence-electron chi connectivity index (χ4n) is 2.64. The smallest absolute Gasteiger partial charge is 0.253 e. The van der Waals surface area contributed by atoms with Crippen molar-refractivity contribution in [2.75, 3.05) is 0 Å². The van der Waals surface area contributed by atoms with Gasteiger partial charge in [-0.15, -0.1) is 0 Å². The van der Waals surface area contributed by atoms with E-state index >= 15 is 0 Å². The molecule has 0 unspecified atom stereocenters. The molecule has 2 aromatic carbocycles. The summed E-state index contributed by atoms with van der Waals surface area (Å²) >= 11 is 0. The zero-order valence-corrected chi connectivity index (χ0v) is 13.6. The number of rotatable bonds is 5. The molecule has 0 radical (unpaired) electrons. The van der Waals surface area contributed by atoms with Gasteiger partial charge in [0.15, 0.2) is 6.54 Å². The molecule has 0 atom stereocenters. The fraction of sp³-hybridized carbons (Fsp3) is 0.200. The molecule has 3 nitrogen and oxygen atoms in total. The van der Waals surface area contributed by atoms with Crippen LogP contribution in [0, 0.1) is 13.8 Å². The zero-order valence-electron chi connectivity index (χ0n) is 13.6. The Labute approximate surface area is 136 Å². The number of nitrogens with zero attached hydrogens (tertiary/aromatic N) is 2. The number of hydrogen-bond donors (Lipinski definition) is 0. The van der Waals surface area contributed by atoms with Gasteiger partial charge in [-0.05, 0) is 12.5 Å². The first kappa shape index (κ1) is 15.2. The predicted molar refractivity (Wildman–Crippen MR) is 90.4 cm³/mol. The van der Waals surface area contributed by atoms with Crippen LogP contribution in [0.1, 0.15) is 27.3 Å². The van der Waals surface area contributed by atoms with Gasteiger partial charge in [-0.25, -0.2) is 9.13 Å². The fourth-order valence-corrected chi connectivity index (χ4v) is 2.64. The molecular formula is C20H21N2O+. The number of ketones is 1. The number of aromatic nitrogens is 2. The highest BCUT2D eigenvalue weighted by molar-refractivity contribution is 5.95. The van der Waals surface area contributed by atoms with Crippen LogP contribution in [0.15, 0.2) is 67.0 Å². The van der Waals surface area contributed by atoms with Crippen LogP contribution in [0.25, 0.3) is 0 Å². The minimum absolute atomic E-state index is 0.135. The molecule has 0 aliphatic carbocycles. The van der Waals surface area contributed by atoms with Crippen molar-refractivity contribution in [1.29, 1.82) is 0 Å². The van der Waals surface area contributed by atoms with Crippen LogP contribution in [0.4, 0.5) is 0 Å². The van der Waals surface area contributed by atoms with Gasteiger partial charge in [0.2, 0.25) is 5.78 Å². The largest absolute Gasteiger partial charge is 0.290 e. The first-order valence-corrected chi connectivity index (χ1v) is 7.82. The minimum atomic E-state index is 0.135. The number of carbonyl (C=O) groups excluding carboxylic acids is 1. The van der Waals surface area contributed by atoms with Gasteiger partial charge in [0.05, 0.1) is 0 Å². The van der Waals surface area contributed by atoms with Crippen LogP contribution in [-0.4, -0.2) is 10.4 Å². The van der Waals surface area contributed by atoms with Gasteiger partial charge in [-0.1, -0.05) is 60.2 Å². The molecular weight excluding hydrogens is 284 g/mol. The molecule has 23 heavy (non-hydrogen) atoms. The van der Waals surface area contributed by atoms with Crippen LogP contribution in [-0.2, 0) is 13.1 Å². The highest BCUT2D eigenvalue weighted by Gasteiger charge is 2.16. The van der Waals surface area contributed by atoms with Crippen LogP contribution in [0.2, 0.25) is 0 Å². The molecule has 0 aliphatic rings. The van der Waals surface area contributed by atoms with E-state index in [9.17, 15) is 4.79 Å². The Morgan fingerprint density at radius 1 is 1.00 bits per heavy atom. The zero-order chi connectivity index (χ0) is 16.2. The van der Waals surface area contributed by atoms with Crippen molar-refractivity contribution in [2.24, 2.45) is 0 Å². The van der Waals surface area contributed by atoms with Gasteiger partial charge >= 0.3 is 0 Å². The number of benzene rings is 2. The average Bonchev–Trinajstić information content (AvgIpc) is 2.90. The number of aryl methyl sites for hydroxylation is 1. The van der Waals surface area contributed by atoms with Crippen LogP contribution in [0.5, 0.6) is 0 Å². The van der Waals surface area contributed by atoms with Crippen molar-refractivity contribution in [1.82, 2.24) is 4.57 Å². The lowest BCUT2D eigenvalue weighted by Gasteiger charge is -2.02. The third-order valence-corrected chi connectivity index (χ3v) is 4.14. The van der Waals surface area contributed by atoms with E-state index in [1.807, 2.05) is 73.3 Å². The Hall–Kier alpha value is -2.68. The Morgan fingerprint density at radius 2 is 1.70 bits per heavy atom. The molecule has 0 aliphatic heterocycles. The van der Waals surface area contributed by atoms with Gasteiger partial charge in [-0.2, -0.15) is 0 Å². The molecule has 0 spiro atoms. The maximum absolute atomic E-state index is 12.4. The van der Waals surface area contributed by atoms with E-state index in [0.717, 1.165) is 17.9 Å². The normalized spacial score (nSPS) is 10.7. The lowest BCUT2D eigenvalue weighted by atomic mass is 10.1. The molecule has 1 heterocycles. The van der Waals surface area contributed by atoms with Crippen LogP contribution >= 0.6 is 0 Å². The van der Waals surface area contributed by atoms with Crippen molar-refractivity contribution < 1.29 is 9.36 Å². The van der Waals surface area contributed by atoms with E-state index < -0.39 is 0 Å². The molecule has 3 rings (SSSR count). The van der Waals surface area contributed by atoms with Crippen molar-refractivity contribution in [3.8, 4) is 0 Å². The van der Waals surface area contributed by atoms with E-state index in [1.54, 1.807) is 0 Å². The number of carbonyl (C=O) groups is 1. The number of hydrogen-bond acceptors (Lipinski definition) is 1. The second-order valence-electron chi connectivity index (χ2n) is 5.88. The summed E-state index contributed by atoms with van der Waals surface area (Å²) in [7, 11) is 0. The van der Waals surface area contributed by atoms with E-state index in [2.05, 4.69) is 16.7 Å². The molecule has 0 saturated carbocycles.